The fourth-order valence-corrected chi connectivity index (χ4v) is 1.96. The van der Waals surface area contributed by atoms with Gasteiger partial charge in [0.05, 0.1) is 6.61 Å². The average Bonchev–Trinajstić information content (AvgIpc) is 3.28. The second-order valence-corrected chi connectivity index (χ2v) is 5.27. The first kappa shape index (κ1) is 12.9. The summed E-state index contributed by atoms with van der Waals surface area (Å²) in [6.07, 6.45) is 4.38. The predicted molar refractivity (Wildman–Crippen MR) is 78.8 cm³/mol. The third kappa shape index (κ3) is 3.70. The van der Waals surface area contributed by atoms with Gasteiger partial charge in [-0.2, -0.15) is 0 Å². The lowest BCUT2D eigenvalue weighted by molar-refractivity contribution is 0.288. The Morgan fingerprint density at radius 3 is 3.00 bits per heavy atom. The molecule has 1 fully saturated rings. The molecule has 20 heavy (non-hydrogen) atoms. The maximum absolute atomic E-state index is 5.69. The van der Waals surface area contributed by atoms with E-state index in [-0.39, 0.29) is 0 Å². The summed E-state index contributed by atoms with van der Waals surface area (Å²) in [6.45, 7) is 3.50. The van der Waals surface area contributed by atoms with Crippen LogP contribution in [0.4, 0.5) is 5.82 Å². The van der Waals surface area contributed by atoms with Crippen LogP contribution in [0, 0.1) is 12.8 Å². The number of ether oxygens (including phenoxy) is 1. The van der Waals surface area contributed by atoms with Crippen LogP contribution in [0.5, 0.6) is 5.88 Å². The highest BCUT2D eigenvalue weighted by Crippen LogP contribution is 2.29. The van der Waals surface area contributed by atoms with E-state index in [9.17, 15) is 0 Å². The molecule has 0 bridgehead atoms. The molecular formula is C16H19N3O. The SMILES string of the molecule is Cc1cccc(NCc2ccnc(OCC3CC3)c2)n1. The summed E-state index contributed by atoms with van der Waals surface area (Å²) >= 11 is 0. The van der Waals surface area contributed by atoms with Crippen LogP contribution in [0.25, 0.3) is 0 Å². The zero-order chi connectivity index (χ0) is 13.8. The molecule has 0 aliphatic heterocycles. The molecule has 4 heteroatoms. The van der Waals surface area contributed by atoms with Crippen molar-refractivity contribution < 1.29 is 4.74 Å². The van der Waals surface area contributed by atoms with E-state index in [1.807, 2.05) is 37.3 Å². The largest absolute Gasteiger partial charge is 0.477 e. The Labute approximate surface area is 119 Å². The van der Waals surface area contributed by atoms with Crippen molar-refractivity contribution in [1.82, 2.24) is 9.97 Å². The third-order valence-electron chi connectivity index (χ3n) is 3.33. The van der Waals surface area contributed by atoms with E-state index in [2.05, 4.69) is 15.3 Å². The van der Waals surface area contributed by atoms with Crippen molar-refractivity contribution in [2.24, 2.45) is 5.92 Å². The second-order valence-electron chi connectivity index (χ2n) is 5.27. The van der Waals surface area contributed by atoms with Gasteiger partial charge in [-0.1, -0.05) is 6.07 Å². The van der Waals surface area contributed by atoms with Gasteiger partial charge in [0.1, 0.15) is 5.82 Å². The number of nitrogens with zero attached hydrogens (tertiary/aromatic N) is 2. The summed E-state index contributed by atoms with van der Waals surface area (Å²) in [6, 6.07) is 9.94. The molecule has 2 aromatic heterocycles. The lowest BCUT2D eigenvalue weighted by atomic mass is 10.2. The van der Waals surface area contributed by atoms with Crippen molar-refractivity contribution in [3.63, 3.8) is 0 Å². The van der Waals surface area contributed by atoms with E-state index < -0.39 is 0 Å². The van der Waals surface area contributed by atoms with Gasteiger partial charge in [0.25, 0.3) is 0 Å². The van der Waals surface area contributed by atoms with Crippen LogP contribution in [0.3, 0.4) is 0 Å². The monoisotopic (exact) mass is 269 g/mol. The van der Waals surface area contributed by atoms with Gasteiger partial charge < -0.3 is 10.1 Å². The molecule has 1 N–H and O–H groups in total. The van der Waals surface area contributed by atoms with Crippen molar-refractivity contribution in [2.45, 2.75) is 26.3 Å². The summed E-state index contributed by atoms with van der Waals surface area (Å²) in [5, 5.41) is 3.31. The fraction of sp³-hybridized carbons (Fsp3) is 0.375. The number of rotatable bonds is 6. The van der Waals surface area contributed by atoms with Crippen molar-refractivity contribution in [3.05, 3.63) is 47.8 Å². The molecule has 104 valence electrons. The van der Waals surface area contributed by atoms with Crippen LogP contribution in [0.2, 0.25) is 0 Å². The third-order valence-corrected chi connectivity index (χ3v) is 3.33. The first-order valence-corrected chi connectivity index (χ1v) is 7.05. The molecule has 2 aromatic rings. The highest BCUT2D eigenvalue weighted by Gasteiger charge is 2.22. The average molecular weight is 269 g/mol. The van der Waals surface area contributed by atoms with Crippen molar-refractivity contribution >= 4 is 5.82 Å². The molecule has 0 radical (unpaired) electrons. The first-order chi connectivity index (χ1) is 9.79. The highest BCUT2D eigenvalue weighted by molar-refractivity contribution is 5.36. The molecule has 4 nitrogen and oxygen atoms in total. The number of hydrogen-bond acceptors (Lipinski definition) is 4. The van der Waals surface area contributed by atoms with E-state index in [0.29, 0.717) is 5.88 Å². The summed E-state index contributed by atoms with van der Waals surface area (Å²) in [7, 11) is 0. The van der Waals surface area contributed by atoms with Gasteiger partial charge in [0.2, 0.25) is 5.88 Å². The molecule has 2 heterocycles. The van der Waals surface area contributed by atoms with E-state index >= 15 is 0 Å². The Morgan fingerprint density at radius 1 is 1.30 bits per heavy atom. The minimum atomic E-state index is 0.716. The molecule has 0 saturated heterocycles. The Morgan fingerprint density at radius 2 is 2.20 bits per heavy atom. The fourth-order valence-electron chi connectivity index (χ4n) is 1.96. The van der Waals surface area contributed by atoms with Gasteiger partial charge in [-0.25, -0.2) is 9.97 Å². The number of nitrogens with one attached hydrogen (secondary N) is 1. The lowest BCUT2D eigenvalue weighted by Crippen LogP contribution is -2.04. The zero-order valence-corrected chi connectivity index (χ0v) is 11.7. The summed E-state index contributed by atoms with van der Waals surface area (Å²) < 4.78 is 5.69. The number of anilines is 1. The van der Waals surface area contributed by atoms with E-state index in [4.69, 9.17) is 4.74 Å². The van der Waals surface area contributed by atoms with Crippen LogP contribution in [0.15, 0.2) is 36.5 Å². The zero-order valence-electron chi connectivity index (χ0n) is 11.7. The molecule has 0 unspecified atom stereocenters. The molecule has 0 spiro atoms. The predicted octanol–water partition coefficient (Wildman–Crippen LogP) is 3.19. The summed E-state index contributed by atoms with van der Waals surface area (Å²) in [5.74, 6) is 2.35. The van der Waals surface area contributed by atoms with E-state index in [1.165, 1.54) is 12.8 Å². The normalized spacial score (nSPS) is 14.1. The van der Waals surface area contributed by atoms with Crippen LogP contribution in [0.1, 0.15) is 24.1 Å². The van der Waals surface area contributed by atoms with Gasteiger partial charge >= 0.3 is 0 Å². The van der Waals surface area contributed by atoms with E-state index in [1.54, 1.807) is 6.20 Å². The number of aromatic nitrogens is 2. The van der Waals surface area contributed by atoms with Crippen molar-refractivity contribution in [3.8, 4) is 5.88 Å². The molecule has 1 aliphatic rings. The molecule has 1 saturated carbocycles. The number of hydrogen-bond donors (Lipinski definition) is 1. The minimum Gasteiger partial charge on any atom is -0.477 e. The van der Waals surface area contributed by atoms with Crippen LogP contribution < -0.4 is 10.1 Å². The molecule has 3 rings (SSSR count). The molecule has 1 aliphatic carbocycles. The van der Waals surface area contributed by atoms with Crippen LogP contribution >= 0.6 is 0 Å². The first-order valence-electron chi connectivity index (χ1n) is 7.05. The second kappa shape index (κ2) is 5.90. The Hall–Kier alpha value is -2.10. The summed E-state index contributed by atoms with van der Waals surface area (Å²) in [5.41, 5.74) is 2.16. The lowest BCUT2D eigenvalue weighted by Gasteiger charge is -2.08. The van der Waals surface area contributed by atoms with Gasteiger partial charge in [-0.05, 0) is 49.4 Å². The topological polar surface area (TPSA) is 47.0 Å². The Kier molecular flexibility index (Phi) is 3.81. The number of pyridine rings is 2. The molecule has 0 amide bonds. The highest BCUT2D eigenvalue weighted by atomic mass is 16.5. The quantitative estimate of drug-likeness (QED) is 0.875. The van der Waals surface area contributed by atoms with Crippen LogP contribution in [-0.4, -0.2) is 16.6 Å². The minimum absolute atomic E-state index is 0.716. The molecule has 0 aromatic carbocycles. The molecular weight excluding hydrogens is 250 g/mol. The maximum Gasteiger partial charge on any atom is 0.213 e. The van der Waals surface area contributed by atoms with Gasteiger partial charge in [-0.15, -0.1) is 0 Å². The Bertz CT molecular complexity index is 581. The number of aryl methyl sites for hydroxylation is 1. The van der Waals surface area contributed by atoms with Gasteiger partial charge in [0, 0.05) is 24.5 Å². The molecule has 0 atom stereocenters. The van der Waals surface area contributed by atoms with Crippen molar-refractivity contribution in [2.75, 3.05) is 11.9 Å². The van der Waals surface area contributed by atoms with Gasteiger partial charge in [-0.3, -0.25) is 0 Å². The van der Waals surface area contributed by atoms with Crippen molar-refractivity contribution in [1.29, 1.82) is 0 Å². The Balaban J connectivity index is 1.57. The standard InChI is InChI=1S/C16H19N3O/c1-12-3-2-4-15(19-12)18-10-14-7-8-17-16(9-14)20-11-13-5-6-13/h2-4,7-9,13H,5-6,10-11H2,1H3,(H,18,19). The van der Waals surface area contributed by atoms with Crippen LogP contribution in [-0.2, 0) is 6.54 Å². The van der Waals surface area contributed by atoms with E-state index in [0.717, 1.165) is 36.1 Å². The summed E-state index contributed by atoms with van der Waals surface area (Å²) in [4.78, 5) is 8.66. The van der Waals surface area contributed by atoms with Gasteiger partial charge in [0.15, 0.2) is 0 Å². The smallest absolute Gasteiger partial charge is 0.213 e. The maximum atomic E-state index is 5.69.